The second-order valence-electron chi connectivity index (χ2n) is 19.4. The maximum absolute atomic E-state index is 6.81. The van der Waals surface area contributed by atoms with Gasteiger partial charge in [-0.3, -0.25) is 0 Å². The van der Waals surface area contributed by atoms with Gasteiger partial charge in [0.05, 0.1) is 22.8 Å². The molecule has 3 aromatic heterocycles. The summed E-state index contributed by atoms with van der Waals surface area (Å²) in [4.78, 5) is 0. The molecule has 0 fully saturated rings. The summed E-state index contributed by atoms with van der Waals surface area (Å²) in [6.07, 6.45) is 8.71. The molecular formula is C70H46N2O2. The third-order valence-electron chi connectivity index (χ3n) is 15.3. The Labute approximate surface area is 428 Å². The maximum Gasteiger partial charge on any atom is 0.136 e. The van der Waals surface area contributed by atoms with E-state index in [4.69, 9.17) is 9.15 Å². The zero-order chi connectivity index (χ0) is 48.7. The topological polar surface area (TPSA) is 32.2 Å². The molecule has 0 spiro atoms. The largest absolute Gasteiger partial charge is 0.485 e. The Morgan fingerprint density at radius 3 is 1.35 bits per heavy atom. The number of hydrogen-bond acceptors (Lipinski definition) is 2. The molecule has 2 atom stereocenters. The van der Waals surface area contributed by atoms with Crippen molar-refractivity contribution in [2.75, 3.05) is 0 Å². The maximum atomic E-state index is 6.81. The first-order valence-corrected chi connectivity index (χ1v) is 25.5. The normalized spacial score (nSPS) is 14.8. The summed E-state index contributed by atoms with van der Waals surface area (Å²) in [6, 6.07) is 88.0. The lowest BCUT2D eigenvalue weighted by molar-refractivity contribution is 0.269. The van der Waals surface area contributed by atoms with Gasteiger partial charge in [-0.2, -0.15) is 0 Å². The van der Waals surface area contributed by atoms with Crippen LogP contribution in [0.5, 0.6) is 5.75 Å². The molecule has 10 aromatic carbocycles. The van der Waals surface area contributed by atoms with Gasteiger partial charge in [0.2, 0.25) is 0 Å². The van der Waals surface area contributed by atoms with Gasteiger partial charge in [-0.05, 0) is 139 Å². The molecule has 0 saturated carbocycles. The Hall–Kier alpha value is -9.64. The Kier molecular flexibility index (Phi) is 9.67. The van der Waals surface area contributed by atoms with Gasteiger partial charge in [-0.25, -0.2) is 0 Å². The van der Waals surface area contributed by atoms with Gasteiger partial charge in [0.1, 0.15) is 23.0 Å². The Morgan fingerprint density at radius 1 is 0.338 bits per heavy atom. The van der Waals surface area contributed by atoms with Gasteiger partial charge in [-0.15, -0.1) is 0 Å². The van der Waals surface area contributed by atoms with Crippen LogP contribution >= 0.6 is 0 Å². The van der Waals surface area contributed by atoms with Gasteiger partial charge in [-0.1, -0.05) is 194 Å². The molecule has 348 valence electrons. The van der Waals surface area contributed by atoms with Crippen molar-refractivity contribution in [3.8, 4) is 84.4 Å². The smallest absolute Gasteiger partial charge is 0.136 e. The van der Waals surface area contributed by atoms with E-state index in [1.165, 1.54) is 16.7 Å². The highest BCUT2D eigenvalue weighted by Gasteiger charge is 2.35. The van der Waals surface area contributed by atoms with E-state index in [0.717, 1.165) is 117 Å². The number of nitrogens with zero attached hydrogens (tertiary/aromatic N) is 2. The molecule has 2 unspecified atom stereocenters. The molecule has 0 saturated heterocycles. The van der Waals surface area contributed by atoms with Gasteiger partial charge in [0.25, 0.3) is 0 Å². The van der Waals surface area contributed by atoms with Crippen LogP contribution in [0.15, 0.2) is 271 Å². The summed E-state index contributed by atoms with van der Waals surface area (Å²) >= 11 is 0. The molecule has 1 aliphatic heterocycles. The third kappa shape index (κ3) is 6.62. The van der Waals surface area contributed by atoms with Crippen molar-refractivity contribution in [1.29, 1.82) is 0 Å². The summed E-state index contributed by atoms with van der Waals surface area (Å²) in [5, 5.41) is 6.78. The van der Waals surface area contributed by atoms with Gasteiger partial charge >= 0.3 is 0 Å². The minimum absolute atomic E-state index is 0.0602. The predicted octanol–water partition coefficient (Wildman–Crippen LogP) is 18.4. The summed E-state index contributed by atoms with van der Waals surface area (Å²) in [5.41, 5.74) is 18.8. The van der Waals surface area contributed by atoms with Crippen LogP contribution in [0, 0.1) is 0 Å². The van der Waals surface area contributed by atoms with E-state index in [1.54, 1.807) is 0 Å². The molecule has 2 aliphatic rings. The molecule has 0 amide bonds. The summed E-state index contributed by atoms with van der Waals surface area (Å²) < 4.78 is 18.4. The van der Waals surface area contributed by atoms with Gasteiger partial charge in [0.15, 0.2) is 0 Å². The fourth-order valence-corrected chi connectivity index (χ4v) is 12.1. The number of rotatable bonds is 8. The summed E-state index contributed by atoms with van der Waals surface area (Å²) in [7, 11) is 0. The average Bonchev–Trinajstić information content (AvgIpc) is 4.29. The van der Waals surface area contributed by atoms with Crippen LogP contribution < -0.4 is 4.74 Å². The van der Waals surface area contributed by atoms with Gasteiger partial charge in [0, 0.05) is 33.6 Å². The average molecular weight is 947 g/mol. The van der Waals surface area contributed by atoms with E-state index in [9.17, 15) is 0 Å². The fourth-order valence-electron chi connectivity index (χ4n) is 12.1. The number of para-hydroxylation sites is 1. The lowest BCUT2D eigenvalue weighted by Gasteiger charge is -2.23. The van der Waals surface area contributed by atoms with E-state index in [0.29, 0.717) is 0 Å². The van der Waals surface area contributed by atoms with Crippen molar-refractivity contribution >= 4 is 43.5 Å². The number of fused-ring (bicyclic) bond motifs is 8. The molecule has 15 rings (SSSR count). The number of allylic oxidation sites excluding steroid dienone is 2. The lowest BCUT2D eigenvalue weighted by Crippen LogP contribution is -2.15. The zero-order valence-corrected chi connectivity index (χ0v) is 40.3. The lowest BCUT2D eigenvalue weighted by atomic mass is 9.80. The van der Waals surface area contributed by atoms with E-state index in [2.05, 4.69) is 276 Å². The van der Waals surface area contributed by atoms with Crippen LogP contribution in [-0.2, 0) is 0 Å². The monoisotopic (exact) mass is 946 g/mol. The van der Waals surface area contributed by atoms with E-state index >= 15 is 0 Å². The quantitative estimate of drug-likeness (QED) is 0.142. The summed E-state index contributed by atoms with van der Waals surface area (Å²) in [6.45, 7) is 0. The zero-order valence-electron chi connectivity index (χ0n) is 40.3. The first-order chi connectivity index (χ1) is 36.7. The van der Waals surface area contributed by atoms with Crippen molar-refractivity contribution in [2.24, 2.45) is 0 Å². The SMILES string of the molecule is C1=CC2Oc3cccc(-c4c5cc(-n6c(-c7ccccc7)ccc6-c6ccccc6)ccc5c(-c5cccc6oc7ccccc7c56)c5cc(-n6c(-c7ccccc7)ccc6-c6ccccc6)ccc45)c3C2C=C1. The number of aromatic nitrogens is 2. The van der Waals surface area contributed by atoms with Crippen LogP contribution in [0.3, 0.4) is 0 Å². The highest BCUT2D eigenvalue weighted by Crippen LogP contribution is 2.53. The van der Waals surface area contributed by atoms with Crippen LogP contribution in [0.25, 0.3) is 122 Å². The highest BCUT2D eigenvalue weighted by atomic mass is 16.5. The highest BCUT2D eigenvalue weighted by molar-refractivity contribution is 6.26. The molecule has 4 nitrogen and oxygen atoms in total. The van der Waals surface area contributed by atoms with Crippen molar-refractivity contribution < 1.29 is 9.15 Å². The predicted molar refractivity (Wildman–Crippen MR) is 305 cm³/mol. The summed E-state index contributed by atoms with van der Waals surface area (Å²) in [5.74, 6) is 0.988. The van der Waals surface area contributed by atoms with Gasteiger partial charge < -0.3 is 18.3 Å². The van der Waals surface area contributed by atoms with Crippen LogP contribution in [0.1, 0.15) is 11.5 Å². The first-order valence-electron chi connectivity index (χ1n) is 25.5. The standard InChI is InChI=1S/C70H46N2O2/c1-5-19-45(20-6-1)59-39-40-60(46-21-7-2-8-22-46)71(59)49-35-37-51-57(43-49)67(55-29-17-33-65-69(55)53-27-13-15-31-63(53)73-65)52-38-36-50(72-61(47-23-9-3-10-24-47)41-42-62(72)48-25-11-4-12-26-48)44-58(52)68(51)56-30-18-34-66-70(56)54-28-14-16-32-64(54)74-66/h1-44,53,63H. The molecule has 4 heterocycles. The number of benzene rings is 10. The van der Waals surface area contributed by atoms with E-state index < -0.39 is 0 Å². The second-order valence-corrected chi connectivity index (χ2v) is 19.4. The van der Waals surface area contributed by atoms with Crippen LogP contribution in [0.4, 0.5) is 0 Å². The molecule has 74 heavy (non-hydrogen) atoms. The van der Waals surface area contributed by atoms with Crippen molar-refractivity contribution in [3.05, 3.63) is 273 Å². The minimum atomic E-state index is -0.0784. The Balaban J connectivity index is 1.10. The number of ether oxygens (including phenoxy) is 1. The Bertz CT molecular complexity index is 4270. The molecule has 1 aliphatic carbocycles. The molecule has 13 aromatic rings. The van der Waals surface area contributed by atoms with Crippen molar-refractivity contribution in [2.45, 2.75) is 12.0 Å². The molecule has 0 radical (unpaired) electrons. The minimum Gasteiger partial charge on any atom is -0.485 e. The van der Waals surface area contributed by atoms with Crippen LogP contribution in [0.2, 0.25) is 0 Å². The van der Waals surface area contributed by atoms with Crippen molar-refractivity contribution in [3.63, 3.8) is 0 Å². The molecule has 0 bridgehead atoms. The molecule has 4 heteroatoms. The number of hydrogen-bond donors (Lipinski definition) is 0. The fraction of sp³-hybridized carbons (Fsp3) is 0.0286. The van der Waals surface area contributed by atoms with E-state index in [1.807, 2.05) is 0 Å². The second kappa shape index (κ2) is 17.0. The van der Waals surface area contributed by atoms with E-state index in [-0.39, 0.29) is 12.0 Å². The first kappa shape index (κ1) is 42.1. The molecule has 0 N–H and O–H groups in total. The van der Waals surface area contributed by atoms with Crippen LogP contribution in [-0.4, -0.2) is 15.2 Å². The Morgan fingerprint density at radius 2 is 0.797 bits per heavy atom. The molecular weight excluding hydrogens is 901 g/mol. The van der Waals surface area contributed by atoms with Crippen molar-refractivity contribution in [1.82, 2.24) is 9.13 Å². The number of furan rings is 1. The third-order valence-corrected chi connectivity index (χ3v) is 15.3.